The average Bonchev–Trinajstić information content (AvgIpc) is 2.30. The van der Waals surface area contributed by atoms with Crippen LogP contribution in [0.15, 0.2) is 18.3 Å². The van der Waals surface area contributed by atoms with E-state index in [0.29, 0.717) is 12.2 Å². The highest BCUT2D eigenvalue weighted by molar-refractivity contribution is 5.90. The summed E-state index contributed by atoms with van der Waals surface area (Å²) in [7, 11) is 3.85. The number of likely N-dealkylation sites (N-methyl/N-ethyl adjacent to an activating group) is 1. The molecule has 0 radical (unpaired) electrons. The number of anilines is 1. The molecule has 17 heavy (non-hydrogen) atoms. The van der Waals surface area contributed by atoms with Crippen LogP contribution in [0.4, 0.5) is 5.82 Å². The van der Waals surface area contributed by atoms with Crippen LogP contribution in [-0.4, -0.2) is 35.3 Å². The van der Waals surface area contributed by atoms with Gasteiger partial charge in [0.05, 0.1) is 5.54 Å². The first-order valence-electron chi connectivity index (χ1n) is 5.82. The number of nitrogens with zero attached hydrogens (tertiary/aromatic N) is 2. The molecule has 1 rings (SSSR count). The Morgan fingerprint density at radius 3 is 2.65 bits per heavy atom. The standard InChI is InChI=1S/C13H21N3O/c1-5-13(2,16(3)4)11(17)9-10-7-6-8-15-12(10)14/h6-8H,5,9H2,1-4H3,(H2,14,15). The van der Waals surface area contributed by atoms with Crippen molar-refractivity contribution in [2.45, 2.75) is 32.2 Å². The molecule has 1 aromatic rings. The highest BCUT2D eigenvalue weighted by Gasteiger charge is 2.33. The third-order valence-electron chi connectivity index (χ3n) is 3.55. The van der Waals surface area contributed by atoms with Gasteiger partial charge in [0.2, 0.25) is 0 Å². The van der Waals surface area contributed by atoms with Gasteiger partial charge in [0.1, 0.15) is 5.82 Å². The van der Waals surface area contributed by atoms with Gasteiger partial charge in [0, 0.05) is 18.2 Å². The Morgan fingerprint density at radius 2 is 2.18 bits per heavy atom. The fourth-order valence-corrected chi connectivity index (χ4v) is 1.73. The molecule has 0 aliphatic rings. The van der Waals surface area contributed by atoms with Crippen molar-refractivity contribution in [1.82, 2.24) is 9.88 Å². The number of nitrogens with two attached hydrogens (primary N) is 1. The minimum Gasteiger partial charge on any atom is -0.383 e. The molecule has 0 aliphatic heterocycles. The van der Waals surface area contributed by atoms with E-state index in [-0.39, 0.29) is 5.78 Å². The fourth-order valence-electron chi connectivity index (χ4n) is 1.73. The predicted octanol–water partition coefficient (Wildman–Crippen LogP) is 1.51. The van der Waals surface area contributed by atoms with E-state index in [1.807, 2.05) is 38.9 Å². The molecule has 0 amide bonds. The van der Waals surface area contributed by atoms with E-state index in [1.54, 1.807) is 12.3 Å². The Labute approximate surface area is 103 Å². The molecule has 1 aromatic heterocycles. The van der Waals surface area contributed by atoms with Crippen molar-refractivity contribution in [2.24, 2.45) is 0 Å². The van der Waals surface area contributed by atoms with Crippen molar-refractivity contribution in [2.75, 3.05) is 19.8 Å². The minimum atomic E-state index is -0.442. The van der Waals surface area contributed by atoms with Crippen LogP contribution in [0.2, 0.25) is 0 Å². The van der Waals surface area contributed by atoms with E-state index in [4.69, 9.17) is 5.73 Å². The van der Waals surface area contributed by atoms with Gasteiger partial charge in [0.15, 0.2) is 5.78 Å². The number of Topliss-reactive ketones (excluding diaryl/α,β-unsaturated/α-hetero) is 1. The van der Waals surface area contributed by atoms with Gasteiger partial charge in [-0.25, -0.2) is 4.98 Å². The molecular formula is C13H21N3O. The summed E-state index contributed by atoms with van der Waals surface area (Å²) in [5, 5.41) is 0. The molecule has 1 heterocycles. The summed E-state index contributed by atoms with van der Waals surface area (Å²) in [4.78, 5) is 18.3. The SMILES string of the molecule is CCC(C)(C(=O)Cc1cccnc1N)N(C)C. The third-order valence-corrected chi connectivity index (χ3v) is 3.55. The van der Waals surface area contributed by atoms with E-state index in [2.05, 4.69) is 4.98 Å². The first-order chi connectivity index (χ1) is 7.91. The van der Waals surface area contributed by atoms with Crippen LogP contribution in [0.3, 0.4) is 0 Å². The lowest BCUT2D eigenvalue weighted by atomic mass is 9.88. The fraction of sp³-hybridized carbons (Fsp3) is 0.538. The van der Waals surface area contributed by atoms with Gasteiger partial charge in [-0.1, -0.05) is 13.0 Å². The summed E-state index contributed by atoms with van der Waals surface area (Å²) in [6, 6.07) is 3.66. The van der Waals surface area contributed by atoms with Gasteiger partial charge in [-0.3, -0.25) is 9.69 Å². The van der Waals surface area contributed by atoms with Gasteiger partial charge in [-0.05, 0) is 33.5 Å². The van der Waals surface area contributed by atoms with Crippen LogP contribution in [0.25, 0.3) is 0 Å². The van der Waals surface area contributed by atoms with E-state index >= 15 is 0 Å². The second-order valence-corrected chi connectivity index (χ2v) is 4.67. The summed E-state index contributed by atoms with van der Waals surface area (Å²) in [5.41, 5.74) is 6.12. The van der Waals surface area contributed by atoms with Crippen molar-refractivity contribution >= 4 is 11.6 Å². The zero-order valence-corrected chi connectivity index (χ0v) is 11.0. The zero-order valence-electron chi connectivity index (χ0n) is 11.0. The van der Waals surface area contributed by atoms with Gasteiger partial charge in [-0.15, -0.1) is 0 Å². The molecule has 1 unspecified atom stereocenters. The smallest absolute Gasteiger partial charge is 0.157 e. The van der Waals surface area contributed by atoms with E-state index in [9.17, 15) is 4.79 Å². The monoisotopic (exact) mass is 235 g/mol. The number of rotatable bonds is 5. The van der Waals surface area contributed by atoms with Crippen molar-refractivity contribution in [3.8, 4) is 0 Å². The maximum Gasteiger partial charge on any atom is 0.157 e. The van der Waals surface area contributed by atoms with Crippen LogP contribution in [-0.2, 0) is 11.2 Å². The summed E-state index contributed by atoms with van der Waals surface area (Å²) in [6.07, 6.45) is 2.75. The molecule has 0 saturated heterocycles. The van der Waals surface area contributed by atoms with Crippen LogP contribution in [0.1, 0.15) is 25.8 Å². The first kappa shape index (κ1) is 13.6. The summed E-state index contributed by atoms with van der Waals surface area (Å²) < 4.78 is 0. The van der Waals surface area contributed by atoms with Crippen molar-refractivity contribution < 1.29 is 4.79 Å². The summed E-state index contributed by atoms with van der Waals surface area (Å²) in [6.45, 7) is 3.98. The highest BCUT2D eigenvalue weighted by atomic mass is 16.1. The number of carbonyl (C=O) groups excluding carboxylic acids is 1. The molecule has 0 aromatic carbocycles. The zero-order chi connectivity index (χ0) is 13.1. The van der Waals surface area contributed by atoms with Crippen LogP contribution in [0.5, 0.6) is 0 Å². The molecule has 0 saturated carbocycles. The van der Waals surface area contributed by atoms with E-state index in [0.717, 1.165) is 12.0 Å². The second kappa shape index (κ2) is 5.27. The molecule has 0 aliphatic carbocycles. The van der Waals surface area contributed by atoms with E-state index < -0.39 is 5.54 Å². The number of aromatic nitrogens is 1. The third kappa shape index (κ3) is 2.82. The largest absolute Gasteiger partial charge is 0.383 e. The number of ketones is 1. The maximum atomic E-state index is 12.3. The normalized spacial score (nSPS) is 14.6. The molecule has 4 nitrogen and oxygen atoms in total. The molecule has 0 spiro atoms. The van der Waals surface area contributed by atoms with Crippen LogP contribution < -0.4 is 5.73 Å². The Kier molecular flexibility index (Phi) is 4.23. The Hall–Kier alpha value is -1.42. The highest BCUT2D eigenvalue weighted by Crippen LogP contribution is 2.21. The second-order valence-electron chi connectivity index (χ2n) is 4.67. The number of carbonyl (C=O) groups is 1. The number of nitrogen functional groups attached to an aromatic ring is 1. The van der Waals surface area contributed by atoms with Gasteiger partial charge < -0.3 is 5.73 Å². The van der Waals surface area contributed by atoms with Crippen molar-refractivity contribution in [3.05, 3.63) is 23.9 Å². The molecule has 94 valence electrons. The molecule has 0 bridgehead atoms. The quantitative estimate of drug-likeness (QED) is 0.840. The lowest BCUT2D eigenvalue weighted by Crippen LogP contribution is -2.48. The molecule has 0 fully saturated rings. The average molecular weight is 235 g/mol. The molecule has 2 N–H and O–H groups in total. The van der Waals surface area contributed by atoms with Gasteiger partial charge in [0.25, 0.3) is 0 Å². The Bertz CT molecular complexity index is 403. The topological polar surface area (TPSA) is 59.2 Å². The summed E-state index contributed by atoms with van der Waals surface area (Å²) >= 11 is 0. The first-order valence-corrected chi connectivity index (χ1v) is 5.82. The van der Waals surface area contributed by atoms with Crippen molar-refractivity contribution in [1.29, 1.82) is 0 Å². The van der Waals surface area contributed by atoms with Crippen LogP contribution in [0, 0.1) is 0 Å². The molecule has 4 heteroatoms. The number of hydrogen-bond acceptors (Lipinski definition) is 4. The number of pyridine rings is 1. The van der Waals surface area contributed by atoms with Crippen molar-refractivity contribution in [3.63, 3.8) is 0 Å². The number of hydrogen-bond donors (Lipinski definition) is 1. The Morgan fingerprint density at radius 1 is 1.53 bits per heavy atom. The molecule has 1 atom stereocenters. The Balaban J connectivity index is 2.89. The minimum absolute atomic E-state index is 0.171. The lowest BCUT2D eigenvalue weighted by molar-refractivity contribution is -0.128. The van der Waals surface area contributed by atoms with Crippen LogP contribution >= 0.6 is 0 Å². The molecular weight excluding hydrogens is 214 g/mol. The summed E-state index contributed by atoms with van der Waals surface area (Å²) in [5.74, 6) is 0.614. The predicted molar refractivity (Wildman–Crippen MR) is 69.7 cm³/mol. The lowest BCUT2D eigenvalue weighted by Gasteiger charge is -2.34. The van der Waals surface area contributed by atoms with Gasteiger partial charge >= 0.3 is 0 Å². The van der Waals surface area contributed by atoms with Gasteiger partial charge in [-0.2, -0.15) is 0 Å². The maximum absolute atomic E-state index is 12.3. The van der Waals surface area contributed by atoms with E-state index in [1.165, 1.54) is 0 Å².